The number of nitrogens with one attached hydrogen (secondary N) is 1. The number of para-hydroxylation sites is 1. The molecule has 1 aliphatic rings. The number of fused-ring (bicyclic) bond motifs is 1. The van der Waals surface area contributed by atoms with Gasteiger partial charge in [-0.2, -0.15) is 4.31 Å². The molecule has 154 valence electrons. The van der Waals surface area contributed by atoms with Gasteiger partial charge in [0.25, 0.3) is 0 Å². The lowest BCUT2D eigenvalue weighted by Gasteiger charge is -2.31. The molecule has 0 aliphatic carbocycles. The smallest absolute Gasteiger partial charge is 0.243 e. The molecule has 29 heavy (non-hydrogen) atoms. The molecule has 5 heteroatoms. The Morgan fingerprint density at radius 2 is 1.66 bits per heavy atom. The highest BCUT2D eigenvalue weighted by molar-refractivity contribution is 7.89. The van der Waals surface area contributed by atoms with Crippen molar-refractivity contribution in [2.45, 2.75) is 56.8 Å². The van der Waals surface area contributed by atoms with Crippen molar-refractivity contribution in [2.24, 2.45) is 0 Å². The lowest BCUT2D eigenvalue weighted by Crippen LogP contribution is -2.37. The number of piperidine rings is 1. The molecule has 0 spiro atoms. The highest BCUT2D eigenvalue weighted by Crippen LogP contribution is 2.35. The topological polar surface area (TPSA) is 53.2 Å². The van der Waals surface area contributed by atoms with Gasteiger partial charge in [-0.25, -0.2) is 8.42 Å². The van der Waals surface area contributed by atoms with Gasteiger partial charge in [-0.1, -0.05) is 51.1 Å². The maximum absolute atomic E-state index is 13.1. The number of aromatic amines is 1. The Hall–Kier alpha value is -2.11. The van der Waals surface area contributed by atoms with Gasteiger partial charge in [-0.15, -0.1) is 0 Å². The van der Waals surface area contributed by atoms with Crippen LogP contribution in [-0.2, 0) is 15.4 Å². The Balaban J connectivity index is 1.50. The van der Waals surface area contributed by atoms with Crippen LogP contribution in [0.4, 0.5) is 0 Å². The molecule has 0 radical (unpaired) electrons. The Bertz CT molecular complexity index is 1110. The number of nitrogens with zero attached hydrogens (tertiary/aromatic N) is 1. The molecule has 1 fully saturated rings. The van der Waals surface area contributed by atoms with Crippen molar-refractivity contribution >= 4 is 20.9 Å². The van der Waals surface area contributed by atoms with E-state index >= 15 is 0 Å². The summed E-state index contributed by atoms with van der Waals surface area (Å²) in [4.78, 5) is 3.80. The Labute approximate surface area is 174 Å². The molecule has 1 aromatic heterocycles. The van der Waals surface area contributed by atoms with Gasteiger partial charge >= 0.3 is 0 Å². The minimum atomic E-state index is -3.44. The zero-order valence-corrected chi connectivity index (χ0v) is 18.5. The zero-order valence-electron chi connectivity index (χ0n) is 17.7. The quantitative estimate of drug-likeness (QED) is 0.633. The SMILES string of the molecule is Cc1cccc2c(C3CCN(S(=O)(=O)c4ccc(C(C)(C)C)cc4)CC3)c[nH]c12. The fourth-order valence-electron chi connectivity index (χ4n) is 4.35. The van der Waals surface area contributed by atoms with Gasteiger partial charge in [0.2, 0.25) is 10.0 Å². The van der Waals surface area contributed by atoms with Crippen molar-refractivity contribution in [3.05, 3.63) is 65.4 Å². The fourth-order valence-corrected chi connectivity index (χ4v) is 5.82. The second kappa shape index (κ2) is 7.29. The molecular formula is C24H30N2O2S. The molecule has 0 atom stereocenters. The molecule has 1 N–H and O–H groups in total. The largest absolute Gasteiger partial charge is 0.361 e. The number of sulfonamides is 1. The van der Waals surface area contributed by atoms with Crippen LogP contribution in [0.3, 0.4) is 0 Å². The van der Waals surface area contributed by atoms with E-state index in [1.54, 1.807) is 16.4 Å². The zero-order chi connectivity index (χ0) is 20.8. The molecule has 4 nitrogen and oxygen atoms in total. The minimum Gasteiger partial charge on any atom is -0.361 e. The first-order valence-corrected chi connectivity index (χ1v) is 11.8. The number of rotatable bonds is 3. The fraction of sp³-hybridized carbons (Fsp3) is 0.417. The van der Waals surface area contributed by atoms with Crippen molar-refractivity contribution < 1.29 is 8.42 Å². The highest BCUT2D eigenvalue weighted by atomic mass is 32.2. The lowest BCUT2D eigenvalue weighted by molar-refractivity contribution is 0.320. The maximum atomic E-state index is 13.1. The predicted octanol–water partition coefficient (Wildman–Crippen LogP) is 5.34. The third-order valence-corrected chi connectivity index (χ3v) is 8.12. The third-order valence-electron chi connectivity index (χ3n) is 6.21. The van der Waals surface area contributed by atoms with E-state index in [0.717, 1.165) is 18.4 Å². The number of benzene rings is 2. The second-order valence-electron chi connectivity index (χ2n) is 9.19. The molecule has 2 aromatic carbocycles. The van der Waals surface area contributed by atoms with Crippen LogP contribution >= 0.6 is 0 Å². The Kier molecular flexibility index (Phi) is 5.07. The first-order valence-electron chi connectivity index (χ1n) is 10.4. The van der Waals surface area contributed by atoms with Crippen molar-refractivity contribution in [3.63, 3.8) is 0 Å². The van der Waals surface area contributed by atoms with Gasteiger partial charge in [0.15, 0.2) is 0 Å². The van der Waals surface area contributed by atoms with Gasteiger partial charge in [-0.3, -0.25) is 0 Å². The molecule has 0 bridgehead atoms. The van der Waals surface area contributed by atoms with E-state index in [9.17, 15) is 8.42 Å². The van der Waals surface area contributed by atoms with Gasteiger partial charge < -0.3 is 4.98 Å². The van der Waals surface area contributed by atoms with Gasteiger partial charge in [-0.05, 0) is 59.9 Å². The van der Waals surface area contributed by atoms with Gasteiger partial charge in [0.1, 0.15) is 0 Å². The van der Waals surface area contributed by atoms with Crippen molar-refractivity contribution in [2.75, 3.05) is 13.1 Å². The van der Waals surface area contributed by atoms with Crippen LogP contribution in [0.5, 0.6) is 0 Å². The highest BCUT2D eigenvalue weighted by Gasteiger charge is 2.31. The molecule has 0 saturated carbocycles. The maximum Gasteiger partial charge on any atom is 0.243 e. The first kappa shape index (κ1) is 20.2. The van der Waals surface area contributed by atoms with Crippen LogP contribution in [0.15, 0.2) is 53.6 Å². The summed E-state index contributed by atoms with van der Waals surface area (Å²) in [6, 6.07) is 13.8. The van der Waals surface area contributed by atoms with Crippen LogP contribution in [0, 0.1) is 6.92 Å². The van der Waals surface area contributed by atoms with Crippen LogP contribution in [0.1, 0.15) is 56.2 Å². The Morgan fingerprint density at radius 3 is 2.28 bits per heavy atom. The van der Waals surface area contributed by atoms with E-state index in [-0.39, 0.29) is 5.41 Å². The van der Waals surface area contributed by atoms with E-state index in [1.165, 1.54) is 22.0 Å². The van der Waals surface area contributed by atoms with E-state index in [2.05, 4.69) is 57.1 Å². The van der Waals surface area contributed by atoms with Crippen LogP contribution in [0.2, 0.25) is 0 Å². The van der Waals surface area contributed by atoms with E-state index in [1.807, 2.05) is 12.1 Å². The normalized spacial score (nSPS) is 17.1. The van der Waals surface area contributed by atoms with Crippen molar-refractivity contribution in [3.8, 4) is 0 Å². The Morgan fingerprint density at radius 1 is 1.00 bits per heavy atom. The van der Waals surface area contributed by atoms with E-state index in [4.69, 9.17) is 0 Å². The standard InChI is InChI=1S/C24H30N2O2S/c1-17-6-5-7-21-22(16-25-23(17)21)18-12-14-26(15-13-18)29(27,28)20-10-8-19(9-11-20)24(2,3)4/h5-11,16,18,25H,12-15H2,1-4H3. The summed E-state index contributed by atoms with van der Waals surface area (Å²) < 4.78 is 27.9. The summed E-state index contributed by atoms with van der Waals surface area (Å²) in [6.07, 6.45) is 3.80. The van der Waals surface area contributed by atoms with Crippen molar-refractivity contribution in [1.82, 2.24) is 9.29 Å². The average molecular weight is 411 g/mol. The number of aryl methyl sites for hydroxylation is 1. The van der Waals surface area contributed by atoms with E-state index in [0.29, 0.717) is 23.9 Å². The van der Waals surface area contributed by atoms with Crippen LogP contribution in [0.25, 0.3) is 10.9 Å². The summed E-state index contributed by atoms with van der Waals surface area (Å²) in [5.41, 5.74) is 4.90. The number of aromatic nitrogens is 1. The lowest BCUT2D eigenvalue weighted by atomic mass is 9.87. The monoisotopic (exact) mass is 410 g/mol. The van der Waals surface area contributed by atoms with Crippen LogP contribution in [-0.4, -0.2) is 30.8 Å². The number of H-pyrrole nitrogens is 1. The summed E-state index contributed by atoms with van der Waals surface area (Å²) in [6.45, 7) is 9.64. The molecule has 2 heterocycles. The number of hydrogen-bond donors (Lipinski definition) is 1. The number of hydrogen-bond acceptors (Lipinski definition) is 2. The molecular weight excluding hydrogens is 380 g/mol. The molecule has 1 aliphatic heterocycles. The molecule has 0 amide bonds. The average Bonchev–Trinajstić information content (AvgIpc) is 3.13. The molecule has 4 rings (SSSR count). The molecule has 3 aromatic rings. The van der Waals surface area contributed by atoms with Crippen molar-refractivity contribution in [1.29, 1.82) is 0 Å². The summed E-state index contributed by atoms with van der Waals surface area (Å²) in [5, 5.41) is 1.27. The molecule has 1 saturated heterocycles. The second-order valence-corrected chi connectivity index (χ2v) is 11.1. The van der Waals surface area contributed by atoms with Crippen LogP contribution < -0.4 is 0 Å². The van der Waals surface area contributed by atoms with Gasteiger partial charge in [0, 0.05) is 30.2 Å². The minimum absolute atomic E-state index is 0.0122. The molecule has 0 unspecified atom stereocenters. The summed E-state index contributed by atoms with van der Waals surface area (Å²) >= 11 is 0. The predicted molar refractivity (Wildman–Crippen MR) is 119 cm³/mol. The summed E-state index contributed by atoms with van der Waals surface area (Å²) in [5.74, 6) is 0.389. The first-order chi connectivity index (χ1) is 13.7. The third kappa shape index (κ3) is 3.74. The van der Waals surface area contributed by atoms with Gasteiger partial charge in [0.05, 0.1) is 4.90 Å². The summed E-state index contributed by atoms with van der Waals surface area (Å²) in [7, 11) is -3.44. The van der Waals surface area contributed by atoms with E-state index < -0.39 is 10.0 Å².